The first-order valence-electron chi connectivity index (χ1n) is 8.24. The van der Waals surface area contributed by atoms with Gasteiger partial charge in [0.15, 0.2) is 5.69 Å². The monoisotopic (exact) mass is 367 g/mol. The minimum Gasteiger partial charge on any atom is -0.451 e. The van der Waals surface area contributed by atoms with Gasteiger partial charge in [-0.15, -0.1) is 0 Å². The maximum absolute atomic E-state index is 13.1. The zero-order chi connectivity index (χ0) is 18.7. The van der Waals surface area contributed by atoms with Crippen LogP contribution in [0.25, 0.3) is 0 Å². The number of piperidine rings is 1. The number of rotatable bonds is 5. The maximum Gasteiger partial charge on any atom is 0.510 e. The number of ether oxygens (including phenoxy) is 4. The van der Waals surface area contributed by atoms with Crippen molar-refractivity contribution in [3.8, 4) is 5.75 Å². The third kappa shape index (κ3) is 3.32. The van der Waals surface area contributed by atoms with E-state index in [1.54, 1.807) is 12.0 Å². The van der Waals surface area contributed by atoms with Gasteiger partial charge < -0.3 is 29.3 Å². The predicted octanol–water partition coefficient (Wildman–Crippen LogP) is 0.492. The molecule has 1 aromatic heterocycles. The van der Waals surface area contributed by atoms with Gasteiger partial charge in [0.05, 0.1) is 19.8 Å². The summed E-state index contributed by atoms with van der Waals surface area (Å²) >= 11 is 0. The maximum atomic E-state index is 13.1. The van der Waals surface area contributed by atoms with Gasteiger partial charge in [-0.2, -0.15) is 0 Å². The molecule has 2 aliphatic heterocycles. The van der Waals surface area contributed by atoms with Crippen molar-refractivity contribution in [1.82, 2.24) is 9.58 Å². The Kier molecular flexibility index (Phi) is 5.31. The summed E-state index contributed by atoms with van der Waals surface area (Å²) in [5.74, 6) is -0.518. The van der Waals surface area contributed by atoms with Gasteiger partial charge in [0.2, 0.25) is 18.0 Å². The minimum absolute atomic E-state index is 0.0604. The molecule has 2 aliphatic rings. The third-order valence-corrected chi connectivity index (χ3v) is 4.43. The molecule has 0 bridgehead atoms. The molecule has 3 heterocycles. The first-order valence-corrected chi connectivity index (χ1v) is 8.24. The molecule has 1 saturated heterocycles. The van der Waals surface area contributed by atoms with Gasteiger partial charge in [-0.1, -0.05) is 0 Å². The second-order valence-corrected chi connectivity index (χ2v) is 5.99. The van der Waals surface area contributed by atoms with Gasteiger partial charge in [-0.3, -0.25) is 14.3 Å². The Balaban J connectivity index is 1.90. The van der Waals surface area contributed by atoms with Crippen LogP contribution in [-0.4, -0.2) is 61.5 Å². The molecule has 0 radical (unpaired) electrons. The van der Waals surface area contributed by atoms with Gasteiger partial charge in [-0.05, 0) is 19.3 Å². The molecule has 1 fully saturated rings. The molecule has 0 saturated carbocycles. The Morgan fingerprint density at radius 1 is 1.31 bits per heavy atom. The molecular formula is C16H21N3O7. The van der Waals surface area contributed by atoms with Crippen molar-refractivity contribution in [1.29, 1.82) is 0 Å². The van der Waals surface area contributed by atoms with Gasteiger partial charge in [0.25, 0.3) is 5.91 Å². The summed E-state index contributed by atoms with van der Waals surface area (Å²) in [5.41, 5.74) is 2.78. The average Bonchev–Trinajstić information content (AvgIpc) is 2.63. The van der Waals surface area contributed by atoms with Crippen molar-refractivity contribution < 1.29 is 28.5 Å². The molecule has 2 atom stereocenters. The van der Waals surface area contributed by atoms with E-state index in [4.69, 9.17) is 9.47 Å². The van der Waals surface area contributed by atoms with Crippen LogP contribution in [-0.2, 0) is 14.2 Å². The number of carbonyl (C=O) groups excluding carboxylic acids is 2. The SMILES string of the molecule is COCC1CCC[C@H]2Nn3ccc(=O)c(OCOC(=O)OC)c3C(=O)N12. The summed E-state index contributed by atoms with van der Waals surface area (Å²) in [6, 6.07) is 1.18. The Bertz CT molecular complexity index is 746. The lowest BCUT2D eigenvalue weighted by Gasteiger charge is -2.46. The quantitative estimate of drug-likeness (QED) is 0.592. The number of methoxy groups -OCH3 is 2. The fourth-order valence-corrected chi connectivity index (χ4v) is 3.31. The largest absolute Gasteiger partial charge is 0.510 e. The van der Waals surface area contributed by atoms with E-state index in [2.05, 4.69) is 14.9 Å². The number of nitrogens with one attached hydrogen (secondary N) is 1. The van der Waals surface area contributed by atoms with Gasteiger partial charge >= 0.3 is 6.16 Å². The van der Waals surface area contributed by atoms with E-state index >= 15 is 0 Å². The molecule has 26 heavy (non-hydrogen) atoms. The number of hydrogen-bond acceptors (Lipinski definition) is 8. The molecule has 142 valence electrons. The summed E-state index contributed by atoms with van der Waals surface area (Å²) < 4.78 is 21.0. The van der Waals surface area contributed by atoms with Crippen molar-refractivity contribution in [2.45, 2.75) is 31.5 Å². The molecule has 0 aromatic carbocycles. The van der Waals surface area contributed by atoms with Crippen LogP contribution in [0, 0.1) is 0 Å². The number of pyridine rings is 1. The highest BCUT2D eigenvalue weighted by atomic mass is 16.8. The van der Waals surface area contributed by atoms with Crippen LogP contribution in [0.1, 0.15) is 29.8 Å². The second kappa shape index (κ2) is 7.65. The van der Waals surface area contributed by atoms with Crippen molar-refractivity contribution in [3.05, 3.63) is 28.2 Å². The van der Waals surface area contributed by atoms with Crippen LogP contribution in [0.4, 0.5) is 4.79 Å². The Hall–Kier alpha value is -2.75. The Morgan fingerprint density at radius 2 is 2.12 bits per heavy atom. The summed E-state index contributed by atoms with van der Waals surface area (Å²) in [5, 5.41) is 0. The molecule has 10 heteroatoms. The van der Waals surface area contributed by atoms with Crippen LogP contribution in [0.15, 0.2) is 17.1 Å². The summed E-state index contributed by atoms with van der Waals surface area (Å²) in [4.78, 5) is 38.1. The average molecular weight is 367 g/mol. The fraction of sp³-hybridized carbons (Fsp3) is 0.562. The molecule has 1 aromatic rings. The highest BCUT2D eigenvalue weighted by Crippen LogP contribution is 2.30. The lowest BCUT2D eigenvalue weighted by atomic mass is 9.98. The molecule has 0 aliphatic carbocycles. The van der Waals surface area contributed by atoms with E-state index in [1.807, 2.05) is 0 Å². The van der Waals surface area contributed by atoms with E-state index in [1.165, 1.54) is 16.9 Å². The summed E-state index contributed by atoms with van der Waals surface area (Å²) in [7, 11) is 2.74. The molecular weight excluding hydrogens is 346 g/mol. The third-order valence-electron chi connectivity index (χ3n) is 4.43. The zero-order valence-electron chi connectivity index (χ0n) is 14.6. The van der Waals surface area contributed by atoms with Gasteiger partial charge in [-0.25, -0.2) is 4.79 Å². The van der Waals surface area contributed by atoms with Crippen molar-refractivity contribution >= 4 is 12.1 Å². The number of amides is 1. The Morgan fingerprint density at radius 3 is 2.85 bits per heavy atom. The smallest absolute Gasteiger partial charge is 0.451 e. The van der Waals surface area contributed by atoms with Crippen molar-refractivity contribution in [2.24, 2.45) is 0 Å². The molecule has 0 spiro atoms. The van der Waals surface area contributed by atoms with E-state index < -0.39 is 18.4 Å². The highest BCUT2D eigenvalue weighted by molar-refractivity contribution is 5.96. The van der Waals surface area contributed by atoms with Crippen molar-refractivity contribution in [2.75, 3.05) is 33.0 Å². The van der Waals surface area contributed by atoms with Gasteiger partial charge in [0.1, 0.15) is 6.17 Å². The van der Waals surface area contributed by atoms with E-state index in [-0.39, 0.29) is 29.6 Å². The fourth-order valence-electron chi connectivity index (χ4n) is 3.31. The van der Waals surface area contributed by atoms with Crippen LogP contribution in [0.3, 0.4) is 0 Å². The number of aromatic nitrogens is 1. The van der Waals surface area contributed by atoms with Crippen LogP contribution >= 0.6 is 0 Å². The zero-order valence-corrected chi connectivity index (χ0v) is 14.6. The molecule has 1 N–H and O–H groups in total. The topological polar surface area (TPSA) is 108 Å². The summed E-state index contributed by atoms with van der Waals surface area (Å²) in [6.07, 6.45) is 2.92. The normalized spacial score (nSPS) is 21.3. The van der Waals surface area contributed by atoms with Crippen molar-refractivity contribution in [3.63, 3.8) is 0 Å². The minimum atomic E-state index is -0.949. The Labute approximate surface area is 149 Å². The van der Waals surface area contributed by atoms with E-state index in [0.717, 1.165) is 26.4 Å². The lowest BCUT2D eigenvalue weighted by Crippen LogP contribution is -2.60. The number of hydrogen-bond donors (Lipinski definition) is 1. The number of fused-ring (bicyclic) bond motifs is 2. The lowest BCUT2D eigenvalue weighted by molar-refractivity contribution is 0.00992. The second-order valence-electron chi connectivity index (χ2n) is 5.99. The standard InChI is InChI=1S/C16H21N3O7/c1-23-8-10-4-3-5-12-17-18-7-6-11(20)14(13(18)15(21)19(10)12)25-9-26-16(22)24-2/h6-7,10,12,17H,3-5,8-9H2,1-2H3/t10?,12-/m0/s1. The number of nitrogens with zero attached hydrogens (tertiary/aromatic N) is 2. The van der Waals surface area contributed by atoms with E-state index in [0.29, 0.717) is 6.61 Å². The predicted molar refractivity (Wildman–Crippen MR) is 88.5 cm³/mol. The van der Waals surface area contributed by atoms with Crippen LogP contribution in [0.2, 0.25) is 0 Å². The first-order chi connectivity index (χ1) is 12.6. The van der Waals surface area contributed by atoms with Crippen LogP contribution in [0.5, 0.6) is 5.75 Å². The summed E-state index contributed by atoms with van der Waals surface area (Å²) in [6.45, 7) is -0.139. The molecule has 1 amide bonds. The first kappa shape index (κ1) is 18.1. The molecule has 1 unspecified atom stereocenters. The molecule has 10 nitrogen and oxygen atoms in total. The highest BCUT2D eigenvalue weighted by Gasteiger charge is 2.41. The van der Waals surface area contributed by atoms with E-state index in [9.17, 15) is 14.4 Å². The van der Waals surface area contributed by atoms with Crippen LogP contribution < -0.4 is 15.6 Å². The van der Waals surface area contributed by atoms with Gasteiger partial charge in [0, 0.05) is 19.4 Å². The molecule has 3 rings (SSSR count). The number of carbonyl (C=O) groups is 2.